The highest BCUT2D eigenvalue weighted by Crippen LogP contribution is 2.30. The fourth-order valence-corrected chi connectivity index (χ4v) is 2.20. The minimum Gasteiger partial charge on any atom is -0.493 e. The van der Waals surface area contributed by atoms with Gasteiger partial charge in [-0.2, -0.15) is 0 Å². The Bertz CT molecular complexity index is 734. The van der Waals surface area contributed by atoms with Gasteiger partial charge in [-0.25, -0.2) is 9.97 Å². The van der Waals surface area contributed by atoms with E-state index in [1.165, 1.54) is 12.4 Å². The topological polar surface area (TPSA) is 99.4 Å². The van der Waals surface area contributed by atoms with Gasteiger partial charge >= 0.3 is 0 Å². The van der Waals surface area contributed by atoms with Gasteiger partial charge in [0.05, 0.1) is 19.8 Å². The lowest BCUT2D eigenvalue weighted by molar-refractivity contribution is 0.0935. The number of carbonyl (C=O) groups is 1. The Morgan fingerprint density at radius 2 is 1.92 bits per heavy atom. The van der Waals surface area contributed by atoms with Crippen molar-refractivity contribution in [3.8, 4) is 11.5 Å². The van der Waals surface area contributed by atoms with E-state index >= 15 is 0 Å². The van der Waals surface area contributed by atoms with Gasteiger partial charge in [0, 0.05) is 12.4 Å². The van der Waals surface area contributed by atoms with E-state index in [4.69, 9.17) is 15.2 Å². The number of hydrogen-bond donors (Lipinski definition) is 2. The van der Waals surface area contributed by atoms with E-state index in [9.17, 15) is 4.79 Å². The second-order valence-corrected chi connectivity index (χ2v) is 6.10. The van der Waals surface area contributed by atoms with Gasteiger partial charge in [0.2, 0.25) is 0 Å². The molecule has 1 aromatic heterocycles. The van der Waals surface area contributed by atoms with Crippen LogP contribution in [0, 0.1) is 5.92 Å². The van der Waals surface area contributed by atoms with Gasteiger partial charge in [0.1, 0.15) is 0 Å². The Morgan fingerprint density at radius 3 is 2.56 bits per heavy atom. The Kier molecular flexibility index (Phi) is 6.16. The number of ether oxygens (including phenoxy) is 2. The largest absolute Gasteiger partial charge is 0.493 e. The van der Waals surface area contributed by atoms with E-state index in [0.29, 0.717) is 24.0 Å². The number of nitrogens with one attached hydrogen (secondary N) is 1. The fourth-order valence-electron chi connectivity index (χ4n) is 2.20. The van der Waals surface area contributed by atoms with Crippen LogP contribution in [-0.2, 0) is 0 Å². The number of hydrogen-bond acceptors (Lipinski definition) is 6. The normalized spacial score (nSPS) is 11.9. The number of amides is 1. The molecule has 0 spiro atoms. The summed E-state index contributed by atoms with van der Waals surface area (Å²) in [6, 6.07) is 5.32. The van der Waals surface area contributed by atoms with Crippen molar-refractivity contribution in [2.45, 2.75) is 26.8 Å². The van der Waals surface area contributed by atoms with E-state index in [1.807, 2.05) is 25.1 Å². The number of carbonyl (C=O) groups excluding carboxylic acids is 1. The molecule has 2 aromatic rings. The van der Waals surface area contributed by atoms with E-state index < -0.39 is 0 Å². The zero-order chi connectivity index (χ0) is 18.4. The third-order valence-electron chi connectivity index (χ3n) is 3.55. The molecule has 25 heavy (non-hydrogen) atoms. The summed E-state index contributed by atoms with van der Waals surface area (Å²) < 4.78 is 11.1. The average molecular weight is 344 g/mol. The lowest BCUT2D eigenvalue weighted by atomic mass is 10.1. The SMILES string of the molecule is COc1cc(C(C)NC(=O)c2nccnc2N)ccc1OCC(C)C. The second-order valence-electron chi connectivity index (χ2n) is 6.10. The van der Waals surface area contributed by atoms with Crippen molar-refractivity contribution < 1.29 is 14.3 Å². The lowest BCUT2D eigenvalue weighted by Gasteiger charge is -2.17. The van der Waals surface area contributed by atoms with Crippen molar-refractivity contribution in [3.63, 3.8) is 0 Å². The maximum atomic E-state index is 12.3. The molecule has 0 saturated carbocycles. The quantitative estimate of drug-likeness (QED) is 0.801. The summed E-state index contributed by atoms with van der Waals surface area (Å²) in [4.78, 5) is 20.1. The van der Waals surface area contributed by atoms with Crippen LogP contribution in [0.1, 0.15) is 42.9 Å². The summed E-state index contributed by atoms with van der Waals surface area (Å²) in [5.41, 5.74) is 6.68. The van der Waals surface area contributed by atoms with Crippen molar-refractivity contribution in [3.05, 3.63) is 41.9 Å². The van der Waals surface area contributed by atoms with E-state index in [-0.39, 0.29) is 23.5 Å². The van der Waals surface area contributed by atoms with Crippen molar-refractivity contribution in [1.82, 2.24) is 15.3 Å². The van der Waals surface area contributed by atoms with Crippen LogP contribution in [0.4, 0.5) is 5.82 Å². The maximum absolute atomic E-state index is 12.3. The summed E-state index contributed by atoms with van der Waals surface area (Å²) in [6.07, 6.45) is 2.87. The van der Waals surface area contributed by atoms with Crippen LogP contribution in [0.5, 0.6) is 11.5 Å². The first-order valence-corrected chi connectivity index (χ1v) is 8.10. The minimum atomic E-state index is -0.378. The first-order valence-electron chi connectivity index (χ1n) is 8.10. The predicted octanol–water partition coefficient (Wildman–Crippen LogP) is 2.59. The molecule has 0 aliphatic heterocycles. The van der Waals surface area contributed by atoms with Gasteiger partial charge in [0.25, 0.3) is 5.91 Å². The highest BCUT2D eigenvalue weighted by molar-refractivity contribution is 5.96. The highest BCUT2D eigenvalue weighted by Gasteiger charge is 2.17. The molecule has 1 aromatic carbocycles. The van der Waals surface area contributed by atoms with Crippen molar-refractivity contribution in [1.29, 1.82) is 0 Å². The summed E-state index contributed by atoms with van der Waals surface area (Å²) >= 11 is 0. The number of benzene rings is 1. The molecule has 134 valence electrons. The van der Waals surface area contributed by atoms with Gasteiger partial charge in [-0.05, 0) is 30.5 Å². The van der Waals surface area contributed by atoms with Crippen molar-refractivity contribution >= 4 is 11.7 Å². The number of methoxy groups -OCH3 is 1. The molecular weight excluding hydrogens is 320 g/mol. The lowest BCUT2D eigenvalue weighted by Crippen LogP contribution is -2.28. The van der Waals surface area contributed by atoms with E-state index in [2.05, 4.69) is 29.1 Å². The van der Waals surface area contributed by atoms with Crippen LogP contribution in [0.2, 0.25) is 0 Å². The Morgan fingerprint density at radius 1 is 1.20 bits per heavy atom. The van der Waals surface area contributed by atoms with Crippen LogP contribution in [-0.4, -0.2) is 29.6 Å². The van der Waals surface area contributed by atoms with E-state index in [0.717, 1.165) is 5.56 Å². The van der Waals surface area contributed by atoms with Crippen LogP contribution in [0.15, 0.2) is 30.6 Å². The van der Waals surface area contributed by atoms with Crippen LogP contribution in [0.3, 0.4) is 0 Å². The summed E-state index contributed by atoms with van der Waals surface area (Å²) in [7, 11) is 1.59. The van der Waals surface area contributed by atoms with Gasteiger partial charge in [-0.3, -0.25) is 4.79 Å². The molecule has 1 atom stereocenters. The summed E-state index contributed by atoms with van der Waals surface area (Å²) in [5.74, 6) is 1.44. The minimum absolute atomic E-state index is 0.0993. The third kappa shape index (κ3) is 4.82. The molecular formula is C18H24N4O3. The monoisotopic (exact) mass is 344 g/mol. The smallest absolute Gasteiger partial charge is 0.274 e. The Hall–Kier alpha value is -2.83. The number of rotatable bonds is 7. The number of nitrogen functional groups attached to an aromatic ring is 1. The van der Waals surface area contributed by atoms with Gasteiger partial charge < -0.3 is 20.5 Å². The predicted molar refractivity (Wildman–Crippen MR) is 95.7 cm³/mol. The highest BCUT2D eigenvalue weighted by atomic mass is 16.5. The number of nitrogens with zero attached hydrogens (tertiary/aromatic N) is 2. The molecule has 0 aliphatic rings. The number of nitrogens with two attached hydrogens (primary N) is 1. The molecule has 1 amide bonds. The molecule has 2 rings (SSSR count). The second kappa shape index (κ2) is 8.32. The third-order valence-corrected chi connectivity index (χ3v) is 3.55. The molecule has 3 N–H and O–H groups in total. The molecule has 0 aliphatic carbocycles. The molecule has 0 radical (unpaired) electrons. The fraction of sp³-hybridized carbons (Fsp3) is 0.389. The van der Waals surface area contributed by atoms with Gasteiger partial charge in [-0.1, -0.05) is 19.9 Å². The maximum Gasteiger partial charge on any atom is 0.274 e. The summed E-state index contributed by atoms with van der Waals surface area (Å²) in [6.45, 7) is 6.63. The Labute approximate surface area is 147 Å². The molecule has 1 unspecified atom stereocenters. The molecule has 7 nitrogen and oxygen atoms in total. The van der Waals surface area contributed by atoms with Crippen LogP contribution < -0.4 is 20.5 Å². The van der Waals surface area contributed by atoms with E-state index in [1.54, 1.807) is 7.11 Å². The molecule has 1 heterocycles. The van der Waals surface area contributed by atoms with Crippen LogP contribution >= 0.6 is 0 Å². The zero-order valence-corrected chi connectivity index (χ0v) is 14.9. The molecule has 0 fully saturated rings. The zero-order valence-electron chi connectivity index (χ0n) is 14.9. The number of anilines is 1. The van der Waals surface area contributed by atoms with Gasteiger partial charge in [-0.15, -0.1) is 0 Å². The standard InChI is InChI=1S/C18H24N4O3/c1-11(2)10-25-14-6-5-13(9-15(14)24-4)12(3)22-18(23)16-17(19)21-8-7-20-16/h5-9,11-12H,10H2,1-4H3,(H2,19,21)(H,22,23). The first kappa shape index (κ1) is 18.5. The van der Waals surface area contributed by atoms with Crippen LogP contribution in [0.25, 0.3) is 0 Å². The molecule has 0 bridgehead atoms. The summed E-state index contributed by atoms with van der Waals surface area (Å²) in [5, 5.41) is 2.86. The average Bonchev–Trinajstić information content (AvgIpc) is 2.59. The number of aromatic nitrogens is 2. The van der Waals surface area contributed by atoms with Crippen molar-refractivity contribution in [2.24, 2.45) is 5.92 Å². The van der Waals surface area contributed by atoms with Crippen molar-refractivity contribution in [2.75, 3.05) is 19.5 Å². The molecule has 7 heteroatoms. The first-order chi connectivity index (χ1) is 11.9. The Balaban J connectivity index is 2.12. The molecule has 0 saturated heterocycles. The van der Waals surface area contributed by atoms with Gasteiger partial charge in [0.15, 0.2) is 23.0 Å².